The van der Waals surface area contributed by atoms with Gasteiger partial charge in [-0.25, -0.2) is 4.79 Å². The summed E-state index contributed by atoms with van der Waals surface area (Å²) in [6.45, 7) is 0. The van der Waals surface area contributed by atoms with Crippen molar-refractivity contribution in [3.63, 3.8) is 0 Å². The molecule has 0 atom stereocenters. The Hall–Kier alpha value is -1.82. The van der Waals surface area contributed by atoms with Gasteiger partial charge in [0, 0.05) is 5.56 Å². The fraction of sp³-hybridized carbons (Fsp3) is 0. The van der Waals surface area contributed by atoms with E-state index >= 15 is 0 Å². The van der Waals surface area contributed by atoms with Crippen molar-refractivity contribution in [2.24, 2.45) is 0 Å². The number of nitrogens with zero attached hydrogens (tertiary/aromatic N) is 1. The fourth-order valence-corrected chi connectivity index (χ4v) is 1.46. The summed E-state index contributed by atoms with van der Waals surface area (Å²) < 4.78 is 9.78. The molecule has 0 saturated heterocycles. The summed E-state index contributed by atoms with van der Waals surface area (Å²) in [5, 5.41) is 8.45. The summed E-state index contributed by atoms with van der Waals surface area (Å²) >= 11 is 3.03. The van der Waals surface area contributed by atoms with E-state index < -0.39 is 6.16 Å². The van der Waals surface area contributed by atoms with E-state index in [0.717, 1.165) is 5.56 Å². The zero-order valence-electron chi connectivity index (χ0n) is 7.88. The second-order valence-electron chi connectivity index (χ2n) is 2.83. The minimum Gasteiger partial charge on any atom is -0.449 e. The number of hydrogen-bond acceptors (Lipinski definition) is 4. The molecule has 1 heterocycles. The molecule has 0 saturated carbocycles. The van der Waals surface area contributed by atoms with Gasteiger partial charge in [0.15, 0.2) is 0 Å². The van der Waals surface area contributed by atoms with Gasteiger partial charge in [0.2, 0.25) is 10.6 Å². The van der Waals surface area contributed by atoms with Crippen molar-refractivity contribution in [1.29, 1.82) is 0 Å². The number of carboxylic acid groups (broad SMARTS) is 1. The largest absolute Gasteiger partial charge is 0.512 e. The Morgan fingerprint density at radius 3 is 2.69 bits per heavy atom. The van der Waals surface area contributed by atoms with E-state index in [2.05, 4.69) is 25.7 Å². The van der Waals surface area contributed by atoms with Gasteiger partial charge in [-0.3, -0.25) is 0 Å². The molecule has 0 amide bonds. The van der Waals surface area contributed by atoms with E-state index in [-0.39, 0.29) is 10.5 Å². The molecule has 0 aliphatic rings. The monoisotopic (exact) mass is 283 g/mol. The Bertz CT molecular complexity index is 509. The number of hydrogen-bond donors (Lipinski definition) is 1. The van der Waals surface area contributed by atoms with Gasteiger partial charge in [0.25, 0.3) is 5.88 Å². The van der Waals surface area contributed by atoms with E-state index in [1.165, 1.54) is 0 Å². The minimum absolute atomic E-state index is 0.105. The van der Waals surface area contributed by atoms with Crippen LogP contribution in [0, 0.1) is 0 Å². The van der Waals surface area contributed by atoms with Gasteiger partial charge in [-0.2, -0.15) is 4.98 Å². The topological polar surface area (TPSA) is 72.6 Å². The molecule has 2 rings (SSSR count). The molecular weight excluding hydrogens is 278 g/mol. The van der Waals surface area contributed by atoms with Gasteiger partial charge in [0.1, 0.15) is 0 Å². The van der Waals surface area contributed by atoms with Crippen LogP contribution in [0.1, 0.15) is 0 Å². The normalized spacial score (nSPS) is 10.1. The van der Waals surface area contributed by atoms with E-state index in [9.17, 15) is 4.79 Å². The minimum atomic E-state index is -1.44. The molecule has 0 radical (unpaired) electrons. The van der Waals surface area contributed by atoms with Crippen molar-refractivity contribution in [3.05, 3.63) is 35.0 Å². The lowest BCUT2D eigenvalue weighted by Crippen LogP contribution is -2.03. The van der Waals surface area contributed by atoms with Crippen molar-refractivity contribution >= 4 is 22.1 Å². The highest BCUT2D eigenvalue weighted by Gasteiger charge is 2.16. The third kappa shape index (κ3) is 2.22. The molecular formula is C10H6BrNO4. The van der Waals surface area contributed by atoms with Crippen LogP contribution in [0.15, 0.2) is 39.4 Å². The number of rotatable bonds is 2. The summed E-state index contributed by atoms with van der Waals surface area (Å²) in [6, 6.07) is 9.10. The molecule has 0 aliphatic heterocycles. The van der Waals surface area contributed by atoms with Crippen LogP contribution in [0.5, 0.6) is 5.88 Å². The average molecular weight is 284 g/mol. The lowest BCUT2D eigenvalue weighted by atomic mass is 10.2. The van der Waals surface area contributed by atoms with Gasteiger partial charge in [-0.15, -0.1) is 0 Å². The molecule has 0 spiro atoms. The van der Waals surface area contributed by atoms with Crippen LogP contribution in [0.25, 0.3) is 11.5 Å². The lowest BCUT2D eigenvalue weighted by molar-refractivity contribution is 0.142. The Balaban J connectivity index is 2.34. The predicted molar refractivity (Wildman–Crippen MR) is 58.3 cm³/mol. The molecule has 0 fully saturated rings. The Morgan fingerprint density at radius 2 is 2.06 bits per heavy atom. The maximum Gasteiger partial charge on any atom is 0.512 e. The van der Waals surface area contributed by atoms with Crippen molar-refractivity contribution in [1.82, 2.24) is 4.98 Å². The third-order valence-corrected chi connectivity index (χ3v) is 2.26. The Labute approximate surface area is 98.8 Å². The first kappa shape index (κ1) is 10.7. The van der Waals surface area contributed by atoms with Crippen LogP contribution in [0.3, 0.4) is 0 Å². The second-order valence-corrected chi connectivity index (χ2v) is 3.55. The van der Waals surface area contributed by atoms with E-state index in [0.29, 0.717) is 5.89 Å². The molecule has 0 aliphatic carbocycles. The number of halogens is 1. The van der Waals surface area contributed by atoms with Crippen LogP contribution in [-0.2, 0) is 0 Å². The molecule has 82 valence electrons. The van der Waals surface area contributed by atoms with Crippen molar-refractivity contribution in [3.8, 4) is 17.3 Å². The van der Waals surface area contributed by atoms with Crippen molar-refractivity contribution in [2.45, 2.75) is 0 Å². The summed E-state index contributed by atoms with van der Waals surface area (Å²) in [7, 11) is 0. The summed E-state index contributed by atoms with van der Waals surface area (Å²) in [5.74, 6) is 0.190. The highest BCUT2D eigenvalue weighted by molar-refractivity contribution is 9.10. The number of aromatic nitrogens is 1. The van der Waals surface area contributed by atoms with Gasteiger partial charge >= 0.3 is 6.16 Å². The fourth-order valence-electron chi connectivity index (χ4n) is 1.14. The highest BCUT2D eigenvalue weighted by Crippen LogP contribution is 2.30. The quantitative estimate of drug-likeness (QED) is 0.857. The predicted octanol–water partition coefficient (Wildman–Crippen LogP) is 3.16. The summed E-state index contributed by atoms with van der Waals surface area (Å²) in [5.41, 5.74) is 0.739. The first-order valence-electron chi connectivity index (χ1n) is 4.29. The summed E-state index contributed by atoms with van der Waals surface area (Å²) in [6.07, 6.45) is -1.44. The maximum atomic E-state index is 10.3. The average Bonchev–Trinajstić information content (AvgIpc) is 2.61. The SMILES string of the molecule is O=C(O)Oc1nc(-c2ccccc2)oc1Br. The first-order chi connectivity index (χ1) is 7.66. The van der Waals surface area contributed by atoms with Gasteiger partial charge in [0.05, 0.1) is 0 Å². The molecule has 0 bridgehead atoms. The highest BCUT2D eigenvalue weighted by atomic mass is 79.9. The number of carbonyl (C=O) groups is 1. The molecule has 0 unspecified atom stereocenters. The molecule has 1 aromatic heterocycles. The molecule has 1 N–H and O–H groups in total. The van der Waals surface area contributed by atoms with Crippen molar-refractivity contribution < 1.29 is 19.1 Å². The van der Waals surface area contributed by atoms with Gasteiger partial charge < -0.3 is 14.3 Å². The number of benzene rings is 1. The number of oxazole rings is 1. The Kier molecular flexibility index (Phi) is 2.91. The van der Waals surface area contributed by atoms with E-state index in [4.69, 9.17) is 9.52 Å². The summed E-state index contributed by atoms with van der Waals surface area (Å²) in [4.78, 5) is 14.2. The third-order valence-electron chi connectivity index (χ3n) is 1.76. The smallest absolute Gasteiger partial charge is 0.449 e. The van der Waals surface area contributed by atoms with Crippen LogP contribution in [0.4, 0.5) is 4.79 Å². The van der Waals surface area contributed by atoms with Gasteiger partial charge in [-0.1, -0.05) is 18.2 Å². The standard InChI is InChI=1S/C10H6BrNO4/c11-7-9(16-10(13)14)12-8(15-7)6-4-2-1-3-5-6/h1-5H,(H,13,14). The zero-order chi connectivity index (χ0) is 11.5. The van der Waals surface area contributed by atoms with E-state index in [1.54, 1.807) is 12.1 Å². The van der Waals surface area contributed by atoms with Crippen LogP contribution in [-0.4, -0.2) is 16.2 Å². The second kappa shape index (κ2) is 4.36. The molecule has 5 nitrogen and oxygen atoms in total. The van der Waals surface area contributed by atoms with Gasteiger partial charge in [-0.05, 0) is 28.1 Å². The first-order valence-corrected chi connectivity index (χ1v) is 5.08. The van der Waals surface area contributed by atoms with Crippen molar-refractivity contribution in [2.75, 3.05) is 0 Å². The Morgan fingerprint density at radius 1 is 1.38 bits per heavy atom. The molecule has 6 heteroatoms. The molecule has 16 heavy (non-hydrogen) atoms. The number of ether oxygens (including phenoxy) is 1. The van der Waals surface area contributed by atoms with Crippen LogP contribution in [0.2, 0.25) is 0 Å². The lowest BCUT2D eigenvalue weighted by Gasteiger charge is -1.92. The van der Waals surface area contributed by atoms with E-state index in [1.807, 2.05) is 18.2 Å². The molecule has 1 aromatic carbocycles. The van der Waals surface area contributed by atoms with Crippen LogP contribution < -0.4 is 4.74 Å². The maximum absolute atomic E-state index is 10.3. The molecule has 2 aromatic rings. The zero-order valence-corrected chi connectivity index (χ0v) is 9.47. The van der Waals surface area contributed by atoms with Crippen LogP contribution >= 0.6 is 15.9 Å².